The zero-order valence-electron chi connectivity index (χ0n) is 16.7. The van der Waals surface area contributed by atoms with Gasteiger partial charge >= 0.3 is 0 Å². The summed E-state index contributed by atoms with van der Waals surface area (Å²) >= 11 is 0. The standard InChI is InChI=1S/C21H22N4O4S/c1-24-14-18(21(23-24)29-2)20(26)22-16-10-11-19-15(13-16)7-6-12-25(19)30(27,28)17-8-4-3-5-9-17/h3-5,8-11,13-14H,6-7,12H2,1-2H3,(H,22,26). The molecule has 1 amide bonds. The molecule has 3 aromatic rings. The fourth-order valence-electron chi connectivity index (χ4n) is 3.58. The van der Waals surface area contributed by atoms with Crippen LogP contribution in [0.25, 0.3) is 0 Å². The molecule has 0 fully saturated rings. The Hall–Kier alpha value is -3.33. The average molecular weight is 426 g/mol. The Kier molecular flexibility index (Phi) is 5.21. The average Bonchev–Trinajstić information content (AvgIpc) is 3.14. The highest BCUT2D eigenvalue weighted by molar-refractivity contribution is 7.92. The van der Waals surface area contributed by atoms with Crippen LogP contribution < -0.4 is 14.4 Å². The molecule has 0 saturated carbocycles. The van der Waals surface area contributed by atoms with Crippen LogP contribution in [0.4, 0.5) is 11.4 Å². The van der Waals surface area contributed by atoms with Crippen LogP contribution in [-0.2, 0) is 23.5 Å². The number of nitrogens with zero attached hydrogens (tertiary/aromatic N) is 3. The minimum absolute atomic E-state index is 0.244. The van der Waals surface area contributed by atoms with Gasteiger partial charge in [0.1, 0.15) is 5.56 Å². The zero-order chi connectivity index (χ0) is 21.3. The zero-order valence-corrected chi connectivity index (χ0v) is 17.5. The van der Waals surface area contributed by atoms with E-state index in [0.29, 0.717) is 29.9 Å². The van der Waals surface area contributed by atoms with E-state index in [1.54, 1.807) is 55.7 Å². The van der Waals surface area contributed by atoms with Gasteiger partial charge in [0.2, 0.25) is 5.88 Å². The lowest BCUT2D eigenvalue weighted by atomic mass is 10.0. The van der Waals surface area contributed by atoms with Crippen molar-refractivity contribution in [2.45, 2.75) is 17.7 Å². The summed E-state index contributed by atoms with van der Waals surface area (Å²) in [5.74, 6) is -0.0995. The van der Waals surface area contributed by atoms with Gasteiger partial charge in [0.25, 0.3) is 15.9 Å². The number of hydrogen-bond acceptors (Lipinski definition) is 5. The smallest absolute Gasteiger partial charge is 0.264 e. The van der Waals surface area contributed by atoms with Crippen LogP contribution in [0.2, 0.25) is 0 Å². The Bertz CT molecular complexity index is 1190. The second-order valence-electron chi connectivity index (χ2n) is 7.02. The van der Waals surface area contributed by atoms with Crippen molar-refractivity contribution in [3.05, 3.63) is 65.9 Å². The van der Waals surface area contributed by atoms with Gasteiger partial charge in [-0.3, -0.25) is 13.8 Å². The fraction of sp³-hybridized carbons (Fsp3) is 0.238. The lowest BCUT2D eigenvalue weighted by Crippen LogP contribution is -2.35. The minimum atomic E-state index is -3.64. The summed E-state index contributed by atoms with van der Waals surface area (Å²) < 4.78 is 34.3. The maximum Gasteiger partial charge on any atom is 0.264 e. The molecule has 1 aliphatic heterocycles. The molecule has 156 valence electrons. The monoisotopic (exact) mass is 426 g/mol. The van der Waals surface area contributed by atoms with E-state index in [2.05, 4.69) is 10.4 Å². The molecule has 30 heavy (non-hydrogen) atoms. The summed E-state index contributed by atoms with van der Waals surface area (Å²) in [5.41, 5.74) is 2.42. The Morgan fingerprint density at radius 2 is 1.93 bits per heavy atom. The number of aryl methyl sites for hydroxylation is 2. The molecule has 9 heteroatoms. The number of ether oxygens (including phenoxy) is 1. The number of sulfonamides is 1. The number of methoxy groups -OCH3 is 1. The molecular weight excluding hydrogens is 404 g/mol. The maximum absolute atomic E-state index is 13.1. The summed E-state index contributed by atoms with van der Waals surface area (Å²) in [4.78, 5) is 12.9. The van der Waals surface area contributed by atoms with Gasteiger partial charge < -0.3 is 10.1 Å². The first kappa shape index (κ1) is 20.0. The molecule has 0 atom stereocenters. The Morgan fingerprint density at radius 1 is 1.17 bits per heavy atom. The molecule has 0 saturated heterocycles. The van der Waals surface area contributed by atoms with Gasteiger partial charge in [0, 0.05) is 25.5 Å². The Labute approximate surface area is 175 Å². The third-order valence-corrected chi connectivity index (χ3v) is 6.80. The molecule has 0 bridgehead atoms. The van der Waals surface area contributed by atoms with Gasteiger partial charge in [0.15, 0.2) is 0 Å². The second-order valence-corrected chi connectivity index (χ2v) is 8.88. The van der Waals surface area contributed by atoms with E-state index in [1.165, 1.54) is 16.1 Å². The molecule has 0 unspecified atom stereocenters. The molecule has 2 aromatic carbocycles. The van der Waals surface area contributed by atoms with E-state index in [-0.39, 0.29) is 16.7 Å². The predicted molar refractivity (Wildman–Crippen MR) is 113 cm³/mol. The van der Waals surface area contributed by atoms with Crippen molar-refractivity contribution >= 4 is 27.3 Å². The molecule has 2 heterocycles. The van der Waals surface area contributed by atoms with E-state index >= 15 is 0 Å². The van der Waals surface area contributed by atoms with Crippen LogP contribution in [-0.4, -0.2) is 37.8 Å². The summed E-state index contributed by atoms with van der Waals surface area (Å²) in [5, 5.41) is 6.93. The first-order valence-corrected chi connectivity index (χ1v) is 10.9. The minimum Gasteiger partial charge on any atom is -0.479 e. The first-order valence-electron chi connectivity index (χ1n) is 9.50. The van der Waals surface area contributed by atoms with E-state index in [0.717, 1.165) is 12.0 Å². The summed E-state index contributed by atoms with van der Waals surface area (Å²) in [6.45, 7) is 0.419. The molecule has 0 aliphatic carbocycles. The van der Waals surface area contributed by atoms with Gasteiger partial charge in [-0.1, -0.05) is 18.2 Å². The SMILES string of the molecule is COc1nn(C)cc1C(=O)Nc1ccc2c(c1)CCCN2S(=O)(=O)c1ccccc1. The fourth-order valence-corrected chi connectivity index (χ4v) is 5.14. The number of rotatable bonds is 5. The molecular formula is C21H22N4O4S. The number of amides is 1. The van der Waals surface area contributed by atoms with Crippen molar-refractivity contribution in [3.8, 4) is 5.88 Å². The summed E-state index contributed by atoms with van der Waals surface area (Å²) in [7, 11) is -0.476. The van der Waals surface area contributed by atoms with Gasteiger partial charge in [-0.15, -0.1) is 5.10 Å². The number of aromatic nitrogens is 2. The molecule has 8 nitrogen and oxygen atoms in total. The lowest BCUT2D eigenvalue weighted by molar-refractivity contribution is 0.102. The molecule has 1 N–H and O–H groups in total. The molecule has 0 radical (unpaired) electrons. The summed E-state index contributed by atoms with van der Waals surface area (Å²) in [6, 6.07) is 13.7. The van der Waals surface area contributed by atoms with Crippen molar-refractivity contribution < 1.29 is 17.9 Å². The van der Waals surface area contributed by atoms with Crippen molar-refractivity contribution in [3.63, 3.8) is 0 Å². The van der Waals surface area contributed by atoms with Crippen molar-refractivity contribution in [1.82, 2.24) is 9.78 Å². The number of nitrogens with one attached hydrogen (secondary N) is 1. The third-order valence-electron chi connectivity index (χ3n) is 4.98. The van der Waals surface area contributed by atoms with E-state index in [4.69, 9.17) is 4.74 Å². The topological polar surface area (TPSA) is 93.5 Å². The van der Waals surface area contributed by atoms with Crippen molar-refractivity contribution in [1.29, 1.82) is 0 Å². The highest BCUT2D eigenvalue weighted by atomic mass is 32.2. The Balaban J connectivity index is 1.62. The summed E-state index contributed by atoms with van der Waals surface area (Å²) in [6.07, 6.45) is 3.02. The second kappa shape index (κ2) is 7.83. The van der Waals surface area contributed by atoms with Crippen LogP contribution in [0.1, 0.15) is 22.3 Å². The van der Waals surface area contributed by atoms with E-state index in [9.17, 15) is 13.2 Å². The normalized spacial score (nSPS) is 13.6. The maximum atomic E-state index is 13.1. The number of anilines is 2. The molecule has 1 aliphatic rings. The third kappa shape index (κ3) is 3.63. The number of carbonyl (C=O) groups excluding carboxylic acids is 1. The van der Waals surface area contributed by atoms with Crippen LogP contribution in [0.15, 0.2) is 59.6 Å². The quantitative estimate of drug-likeness (QED) is 0.677. The van der Waals surface area contributed by atoms with Crippen LogP contribution in [0.5, 0.6) is 5.88 Å². The van der Waals surface area contributed by atoms with Crippen LogP contribution in [0, 0.1) is 0 Å². The first-order chi connectivity index (χ1) is 14.4. The van der Waals surface area contributed by atoms with Crippen LogP contribution >= 0.6 is 0 Å². The van der Waals surface area contributed by atoms with Gasteiger partial charge in [-0.05, 0) is 48.7 Å². The van der Waals surface area contributed by atoms with E-state index < -0.39 is 10.0 Å². The number of hydrogen-bond donors (Lipinski definition) is 1. The van der Waals surface area contributed by atoms with Gasteiger partial charge in [0.05, 0.1) is 17.7 Å². The number of fused-ring (bicyclic) bond motifs is 1. The number of benzene rings is 2. The van der Waals surface area contributed by atoms with E-state index in [1.807, 2.05) is 6.07 Å². The van der Waals surface area contributed by atoms with Crippen molar-refractivity contribution in [2.24, 2.45) is 7.05 Å². The highest BCUT2D eigenvalue weighted by Gasteiger charge is 2.29. The predicted octanol–water partition coefficient (Wildman–Crippen LogP) is 2.82. The van der Waals surface area contributed by atoms with Gasteiger partial charge in [-0.25, -0.2) is 8.42 Å². The molecule has 4 rings (SSSR count). The largest absolute Gasteiger partial charge is 0.479 e. The van der Waals surface area contributed by atoms with Crippen LogP contribution in [0.3, 0.4) is 0 Å². The lowest BCUT2D eigenvalue weighted by Gasteiger charge is -2.30. The highest BCUT2D eigenvalue weighted by Crippen LogP contribution is 2.34. The molecule has 1 aromatic heterocycles. The van der Waals surface area contributed by atoms with Gasteiger partial charge in [-0.2, -0.15) is 0 Å². The number of carbonyl (C=O) groups is 1. The van der Waals surface area contributed by atoms with Crippen molar-refractivity contribution in [2.75, 3.05) is 23.3 Å². The molecule has 0 spiro atoms. The Morgan fingerprint density at radius 3 is 2.67 bits per heavy atom.